The van der Waals surface area contributed by atoms with Crippen LogP contribution in [-0.4, -0.2) is 23.6 Å². The van der Waals surface area contributed by atoms with Gasteiger partial charge in [0.1, 0.15) is 0 Å². The van der Waals surface area contributed by atoms with E-state index in [9.17, 15) is 9.59 Å². The fourth-order valence-corrected chi connectivity index (χ4v) is 0.936. The zero-order chi connectivity index (χ0) is 8.85. The summed E-state index contributed by atoms with van der Waals surface area (Å²) in [5.41, 5.74) is 0.330. The SMILES string of the molecule is C=C(C)C(=O)C(=O)CCSC. The van der Waals surface area contributed by atoms with Gasteiger partial charge in [-0.15, -0.1) is 0 Å². The monoisotopic (exact) mass is 172 g/mol. The molecular formula is C8H12O2S. The quantitative estimate of drug-likeness (QED) is 0.465. The number of carbonyl (C=O) groups is 2. The zero-order valence-corrected chi connectivity index (χ0v) is 7.66. The van der Waals surface area contributed by atoms with E-state index in [0.717, 1.165) is 0 Å². The van der Waals surface area contributed by atoms with Crippen molar-refractivity contribution >= 4 is 23.3 Å². The van der Waals surface area contributed by atoms with Gasteiger partial charge in [-0.3, -0.25) is 9.59 Å². The van der Waals surface area contributed by atoms with Gasteiger partial charge in [-0.05, 0) is 18.8 Å². The fourth-order valence-electron chi connectivity index (χ4n) is 0.546. The van der Waals surface area contributed by atoms with E-state index in [4.69, 9.17) is 0 Å². The van der Waals surface area contributed by atoms with Gasteiger partial charge >= 0.3 is 0 Å². The second-order valence-corrected chi connectivity index (χ2v) is 3.26. The van der Waals surface area contributed by atoms with Crippen LogP contribution in [0.4, 0.5) is 0 Å². The number of carbonyl (C=O) groups excluding carboxylic acids is 2. The van der Waals surface area contributed by atoms with Crippen LogP contribution in [0.3, 0.4) is 0 Å². The Balaban J connectivity index is 3.84. The number of ketones is 2. The van der Waals surface area contributed by atoms with Gasteiger partial charge in [0.2, 0.25) is 11.6 Å². The molecule has 0 aromatic carbocycles. The number of Topliss-reactive ketones (excluding diaryl/α,β-unsaturated/α-hetero) is 2. The molecule has 0 amide bonds. The minimum Gasteiger partial charge on any atom is -0.290 e. The minimum atomic E-state index is -0.431. The van der Waals surface area contributed by atoms with Gasteiger partial charge in [-0.2, -0.15) is 11.8 Å². The predicted octanol–water partition coefficient (Wildman–Crippen LogP) is 1.45. The van der Waals surface area contributed by atoms with Gasteiger partial charge in [-0.25, -0.2) is 0 Å². The van der Waals surface area contributed by atoms with E-state index in [1.807, 2.05) is 6.26 Å². The van der Waals surface area contributed by atoms with Gasteiger partial charge in [0, 0.05) is 12.2 Å². The van der Waals surface area contributed by atoms with E-state index in [-0.39, 0.29) is 5.78 Å². The van der Waals surface area contributed by atoms with Crippen molar-refractivity contribution in [1.82, 2.24) is 0 Å². The molecule has 0 aromatic rings. The molecule has 0 aliphatic carbocycles. The molecule has 0 bridgehead atoms. The summed E-state index contributed by atoms with van der Waals surface area (Å²) >= 11 is 1.56. The highest BCUT2D eigenvalue weighted by Crippen LogP contribution is 2.00. The van der Waals surface area contributed by atoms with Crippen LogP contribution in [0.15, 0.2) is 12.2 Å². The smallest absolute Gasteiger partial charge is 0.223 e. The van der Waals surface area contributed by atoms with Crippen molar-refractivity contribution < 1.29 is 9.59 Å². The maximum atomic E-state index is 10.9. The van der Waals surface area contributed by atoms with Crippen molar-refractivity contribution in [3.63, 3.8) is 0 Å². The number of rotatable bonds is 5. The normalized spacial score (nSPS) is 9.27. The van der Waals surface area contributed by atoms with E-state index in [1.54, 1.807) is 18.7 Å². The maximum Gasteiger partial charge on any atom is 0.223 e. The summed E-state index contributed by atoms with van der Waals surface area (Å²) in [4.78, 5) is 21.8. The first-order valence-corrected chi connectivity index (χ1v) is 4.71. The molecule has 0 spiro atoms. The predicted molar refractivity (Wildman–Crippen MR) is 47.8 cm³/mol. The number of thioether (sulfide) groups is 1. The average molecular weight is 172 g/mol. The first-order chi connectivity index (χ1) is 5.09. The molecule has 3 heteroatoms. The lowest BCUT2D eigenvalue weighted by Gasteiger charge is -1.96. The van der Waals surface area contributed by atoms with Crippen molar-refractivity contribution in [1.29, 1.82) is 0 Å². The summed E-state index contributed by atoms with van der Waals surface area (Å²) in [6.45, 7) is 4.96. The molecular weight excluding hydrogens is 160 g/mol. The first kappa shape index (κ1) is 10.4. The van der Waals surface area contributed by atoms with Gasteiger partial charge in [-0.1, -0.05) is 6.58 Å². The van der Waals surface area contributed by atoms with Crippen LogP contribution in [0.2, 0.25) is 0 Å². The number of allylic oxidation sites excluding steroid dienone is 1. The molecule has 0 rings (SSSR count). The number of hydrogen-bond acceptors (Lipinski definition) is 3. The molecule has 0 fully saturated rings. The van der Waals surface area contributed by atoms with Crippen LogP contribution in [-0.2, 0) is 9.59 Å². The fraction of sp³-hybridized carbons (Fsp3) is 0.500. The molecule has 0 aliphatic heterocycles. The molecule has 0 heterocycles. The average Bonchev–Trinajstić information content (AvgIpc) is 1.98. The van der Waals surface area contributed by atoms with Gasteiger partial charge in [0.15, 0.2) is 0 Å². The van der Waals surface area contributed by atoms with Crippen molar-refractivity contribution in [3.05, 3.63) is 12.2 Å². The van der Waals surface area contributed by atoms with Crippen molar-refractivity contribution in [3.8, 4) is 0 Å². The molecule has 0 atom stereocenters. The van der Waals surface area contributed by atoms with Gasteiger partial charge in [0.05, 0.1) is 0 Å². The molecule has 0 aliphatic rings. The minimum absolute atomic E-state index is 0.326. The van der Waals surface area contributed by atoms with Crippen molar-refractivity contribution in [2.75, 3.05) is 12.0 Å². The van der Waals surface area contributed by atoms with Crippen LogP contribution in [0.1, 0.15) is 13.3 Å². The number of hydrogen-bond donors (Lipinski definition) is 0. The summed E-state index contributed by atoms with van der Waals surface area (Å²) in [5.74, 6) is -0.0522. The summed E-state index contributed by atoms with van der Waals surface area (Å²) < 4.78 is 0. The van der Waals surface area contributed by atoms with Crippen LogP contribution < -0.4 is 0 Å². The zero-order valence-electron chi connectivity index (χ0n) is 6.85. The Morgan fingerprint density at radius 1 is 1.45 bits per heavy atom. The Hall–Kier alpha value is -0.570. The van der Waals surface area contributed by atoms with E-state index >= 15 is 0 Å². The Kier molecular flexibility index (Phi) is 4.86. The Morgan fingerprint density at radius 3 is 2.36 bits per heavy atom. The lowest BCUT2D eigenvalue weighted by Crippen LogP contribution is -2.14. The molecule has 11 heavy (non-hydrogen) atoms. The molecule has 0 radical (unpaired) electrons. The van der Waals surface area contributed by atoms with Crippen LogP contribution in [0.5, 0.6) is 0 Å². The van der Waals surface area contributed by atoms with Crippen molar-refractivity contribution in [2.24, 2.45) is 0 Å². The third-order valence-corrected chi connectivity index (χ3v) is 1.79. The highest BCUT2D eigenvalue weighted by molar-refractivity contribution is 7.98. The molecule has 0 saturated carbocycles. The molecule has 0 saturated heterocycles. The molecule has 0 aromatic heterocycles. The standard InChI is InChI=1S/C8H12O2S/c1-6(2)8(10)7(9)4-5-11-3/h1,4-5H2,2-3H3. The molecule has 0 N–H and O–H groups in total. The third kappa shape index (κ3) is 3.98. The lowest BCUT2D eigenvalue weighted by atomic mass is 10.1. The molecule has 2 nitrogen and oxygen atoms in total. The summed E-state index contributed by atoms with van der Waals surface area (Å²) in [6.07, 6.45) is 2.23. The topological polar surface area (TPSA) is 34.1 Å². The van der Waals surface area contributed by atoms with Crippen LogP contribution in [0, 0.1) is 0 Å². The first-order valence-electron chi connectivity index (χ1n) is 3.31. The van der Waals surface area contributed by atoms with Crippen molar-refractivity contribution in [2.45, 2.75) is 13.3 Å². The second-order valence-electron chi connectivity index (χ2n) is 2.28. The van der Waals surface area contributed by atoms with E-state index < -0.39 is 5.78 Å². The third-order valence-electron chi connectivity index (χ3n) is 1.17. The lowest BCUT2D eigenvalue weighted by molar-refractivity contribution is -0.134. The summed E-state index contributed by atoms with van der Waals surface area (Å²) in [6, 6.07) is 0. The Morgan fingerprint density at radius 2 is 2.00 bits per heavy atom. The Bertz CT molecular complexity index is 185. The largest absolute Gasteiger partial charge is 0.290 e. The summed E-state index contributed by atoms with van der Waals surface area (Å²) in [5, 5.41) is 0. The van der Waals surface area contributed by atoms with E-state index in [1.165, 1.54) is 0 Å². The highest BCUT2D eigenvalue weighted by atomic mass is 32.2. The second kappa shape index (κ2) is 5.13. The molecule has 0 unspecified atom stereocenters. The van der Waals surface area contributed by atoms with Crippen LogP contribution in [0.25, 0.3) is 0 Å². The summed E-state index contributed by atoms with van der Waals surface area (Å²) in [7, 11) is 0. The van der Waals surface area contributed by atoms with Gasteiger partial charge in [0.25, 0.3) is 0 Å². The van der Waals surface area contributed by atoms with E-state index in [0.29, 0.717) is 17.7 Å². The van der Waals surface area contributed by atoms with Crippen LogP contribution >= 0.6 is 11.8 Å². The van der Waals surface area contributed by atoms with E-state index in [2.05, 4.69) is 6.58 Å². The van der Waals surface area contributed by atoms with Gasteiger partial charge < -0.3 is 0 Å². The maximum absolute atomic E-state index is 10.9. The highest BCUT2D eigenvalue weighted by Gasteiger charge is 2.12. The molecule has 62 valence electrons. The Labute approximate surface area is 71.1 Å².